The van der Waals surface area contributed by atoms with Crippen molar-refractivity contribution in [1.82, 2.24) is 15.3 Å². The largest absolute Gasteiger partial charge is 0.465 e. The van der Waals surface area contributed by atoms with Crippen molar-refractivity contribution >= 4 is 28.8 Å². The van der Waals surface area contributed by atoms with E-state index >= 15 is 0 Å². The highest BCUT2D eigenvalue weighted by atomic mass is 16.4. The van der Waals surface area contributed by atoms with E-state index < -0.39 is 6.09 Å². The fraction of sp³-hybridized carbons (Fsp3) is 0.400. The van der Waals surface area contributed by atoms with Crippen LogP contribution in [-0.4, -0.2) is 47.3 Å². The number of rotatable bonds is 5. The third kappa shape index (κ3) is 3.19. The maximum absolute atomic E-state index is 10.4. The lowest BCUT2D eigenvalue weighted by molar-refractivity contribution is 0.195. The van der Waals surface area contributed by atoms with Gasteiger partial charge < -0.3 is 20.6 Å². The third-order valence-electron chi connectivity index (χ3n) is 3.67. The quantitative estimate of drug-likeness (QED) is 0.731. The first-order valence-electron chi connectivity index (χ1n) is 7.46. The van der Waals surface area contributed by atoms with Gasteiger partial charge in [0, 0.05) is 31.6 Å². The normalized spacial score (nSPS) is 14.3. The van der Waals surface area contributed by atoms with Gasteiger partial charge in [-0.2, -0.15) is 4.98 Å². The lowest BCUT2D eigenvalue weighted by Crippen LogP contribution is -2.27. The van der Waals surface area contributed by atoms with Gasteiger partial charge in [0.25, 0.3) is 0 Å². The van der Waals surface area contributed by atoms with Gasteiger partial charge in [-0.15, -0.1) is 0 Å². The van der Waals surface area contributed by atoms with Crippen LogP contribution in [-0.2, 0) is 0 Å². The molecule has 1 saturated heterocycles. The van der Waals surface area contributed by atoms with E-state index in [1.54, 1.807) is 0 Å². The minimum Gasteiger partial charge on any atom is -0.465 e. The van der Waals surface area contributed by atoms with Gasteiger partial charge in [-0.25, -0.2) is 9.78 Å². The molecule has 0 unspecified atom stereocenters. The Hall–Kier alpha value is -2.57. The Balaban J connectivity index is 1.82. The van der Waals surface area contributed by atoms with Gasteiger partial charge in [-0.05, 0) is 25.0 Å². The van der Waals surface area contributed by atoms with E-state index in [0.717, 1.165) is 29.8 Å². The van der Waals surface area contributed by atoms with Gasteiger partial charge in [0.2, 0.25) is 5.95 Å². The highest BCUT2D eigenvalue weighted by Gasteiger charge is 2.17. The summed E-state index contributed by atoms with van der Waals surface area (Å²) in [5.74, 6) is 1.49. The molecule has 0 spiro atoms. The Bertz CT molecular complexity index is 670. The number of carbonyl (C=O) groups is 1. The molecular weight excluding hydrogens is 282 g/mol. The number of nitrogens with zero attached hydrogens (tertiary/aromatic N) is 3. The Kier molecular flexibility index (Phi) is 4.22. The number of hydrogen-bond donors (Lipinski definition) is 3. The van der Waals surface area contributed by atoms with Crippen LogP contribution in [0, 0.1) is 0 Å². The Morgan fingerprint density at radius 1 is 1.18 bits per heavy atom. The fourth-order valence-corrected chi connectivity index (χ4v) is 2.65. The maximum Gasteiger partial charge on any atom is 0.404 e. The van der Waals surface area contributed by atoms with E-state index in [2.05, 4.69) is 25.5 Å². The van der Waals surface area contributed by atoms with Crippen molar-refractivity contribution in [3.8, 4) is 0 Å². The summed E-state index contributed by atoms with van der Waals surface area (Å²) in [7, 11) is 0. The molecule has 1 aromatic heterocycles. The highest BCUT2D eigenvalue weighted by molar-refractivity contribution is 5.90. The molecule has 7 heteroatoms. The van der Waals surface area contributed by atoms with Gasteiger partial charge >= 0.3 is 6.09 Å². The molecule has 7 nitrogen and oxygen atoms in total. The summed E-state index contributed by atoms with van der Waals surface area (Å²) in [4.78, 5) is 21.8. The number of benzene rings is 1. The topological polar surface area (TPSA) is 90.4 Å². The lowest BCUT2D eigenvalue weighted by Gasteiger charge is -2.19. The van der Waals surface area contributed by atoms with E-state index in [0.29, 0.717) is 19.0 Å². The van der Waals surface area contributed by atoms with Crippen molar-refractivity contribution in [3.05, 3.63) is 24.3 Å². The number of para-hydroxylation sites is 1. The van der Waals surface area contributed by atoms with E-state index in [1.165, 1.54) is 12.8 Å². The van der Waals surface area contributed by atoms with Crippen molar-refractivity contribution in [3.63, 3.8) is 0 Å². The highest BCUT2D eigenvalue weighted by Crippen LogP contribution is 2.27. The van der Waals surface area contributed by atoms with Crippen LogP contribution in [0.5, 0.6) is 0 Å². The summed E-state index contributed by atoms with van der Waals surface area (Å²) >= 11 is 0. The summed E-state index contributed by atoms with van der Waals surface area (Å²) in [6.07, 6.45) is 1.34. The molecule has 1 fully saturated rings. The van der Waals surface area contributed by atoms with E-state index in [9.17, 15) is 4.79 Å². The smallest absolute Gasteiger partial charge is 0.404 e. The molecule has 3 N–H and O–H groups in total. The minimum atomic E-state index is -1.03. The first-order chi connectivity index (χ1) is 10.7. The minimum absolute atomic E-state index is 0.310. The van der Waals surface area contributed by atoms with E-state index in [1.807, 2.05) is 24.3 Å². The van der Waals surface area contributed by atoms with Gasteiger partial charge in [-0.3, -0.25) is 0 Å². The summed E-state index contributed by atoms with van der Waals surface area (Å²) in [6.45, 7) is 2.79. The fourth-order valence-electron chi connectivity index (χ4n) is 2.65. The molecule has 0 atom stereocenters. The number of amides is 1. The zero-order valence-corrected chi connectivity index (χ0v) is 12.2. The second-order valence-electron chi connectivity index (χ2n) is 5.24. The van der Waals surface area contributed by atoms with Crippen LogP contribution in [0.3, 0.4) is 0 Å². The molecule has 116 valence electrons. The molecule has 1 aromatic carbocycles. The maximum atomic E-state index is 10.4. The van der Waals surface area contributed by atoms with E-state index in [-0.39, 0.29) is 0 Å². The van der Waals surface area contributed by atoms with Gasteiger partial charge in [0.05, 0.1) is 5.52 Å². The monoisotopic (exact) mass is 301 g/mol. The van der Waals surface area contributed by atoms with Gasteiger partial charge in [-0.1, -0.05) is 12.1 Å². The summed E-state index contributed by atoms with van der Waals surface area (Å²) in [5, 5.41) is 15.0. The standard InChI is InChI=1S/C15H19N5O2/c21-15(22)17-8-7-16-14-18-12-6-2-1-5-11(12)13(19-14)20-9-3-4-10-20/h1-2,5-6,17H,3-4,7-10H2,(H,21,22)(H,16,18,19). The molecule has 0 bridgehead atoms. The van der Waals surface area contributed by atoms with Crippen LogP contribution in [0.2, 0.25) is 0 Å². The molecule has 1 amide bonds. The number of fused-ring (bicyclic) bond motifs is 1. The van der Waals surface area contributed by atoms with Crippen molar-refractivity contribution in [2.45, 2.75) is 12.8 Å². The van der Waals surface area contributed by atoms with Crippen molar-refractivity contribution in [2.24, 2.45) is 0 Å². The number of carboxylic acid groups (broad SMARTS) is 1. The van der Waals surface area contributed by atoms with Crippen LogP contribution in [0.4, 0.5) is 16.6 Å². The molecular formula is C15H19N5O2. The van der Waals surface area contributed by atoms with E-state index in [4.69, 9.17) is 5.11 Å². The molecule has 3 rings (SSSR count). The van der Waals surface area contributed by atoms with Crippen molar-refractivity contribution in [2.75, 3.05) is 36.4 Å². The summed E-state index contributed by atoms with van der Waals surface area (Å²) in [6, 6.07) is 7.96. The van der Waals surface area contributed by atoms with Crippen LogP contribution in [0.1, 0.15) is 12.8 Å². The number of aromatic nitrogens is 2. The SMILES string of the molecule is O=C(O)NCCNc1nc(N2CCCC2)c2ccccc2n1. The molecule has 1 aliphatic heterocycles. The molecule has 2 aromatic rings. The van der Waals surface area contributed by atoms with Crippen LogP contribution in [0.25, 0.3) is 10.9 Å². The van der Waals surface area contributed by atoms with Crippen LogP contribution in [0.15, 0.2) is 24.3 Å². The summed E-state index contributed by atoms with van der Waals surface area (Å²) < 4.78 is 0. The molecule has 0 saturated carbocycles. The van der Waals surface area contributed by atoms with Gasteiger partial charge in [0.15, 0.2) is 0 Å². The first kappa shape index (κ1) is 14.4. The second kappa shape index (κ2) is 6.46. The molecule has 0 radical (unpaired) electrons. The second-order valence-corrected chi connectivity index (χ2v) is 5.24. The molecule has 0 aliphatic carbocycles. The van der Waals surface area contributed by atoms with Gasteiger partial charge in [0.1, 0.15) is 5.82 Å². The number of nitrogens with one attached hydrogen (secondary N) is 2. The number of hydrogen-bond acceptors (Lipinski definition) is 5. The summed E-state index contributed by atoms with van der Waals surface area (Å²) in [5.41, 5.74) is 0.896. The average Bonchev–Trinajstić information content (AvgIpc) is 3.05. The molecule has 2 heterocycles. The molecule has 1 aliphatic rings. The zero-order valence-electron chi connectivity index (χ0n) is 12.2. The number of anilines is 2. The average molecular weight is 301 g/mol. The Labute approximate surface area is 128 Å². The Morgan fingerprint density at radius 3 is 2.73 bits per heavy atom. The van der Waals surface area contributed by atoms with Crippen molar-refractivity contribution < 1.29 is 9.90 Å². The van der Waals surface area contributed by atoms with Crippen LogP contribution < -0.4 is 15.5 Å². The zero-order chi connectivity index (χ0) is 15.4. The molecule has 22 heavy (non-hydrogen) atoms. The predicted molar refractivity (Wildman–Crippen MR) is 85.5 cm³/mol. The lowest BCUT2D eigenvalue weighted by atomic mass is 10.2. The van der Waals surface area contributed by atoms with Crippen molar-refractivity contribution in [1.29, 1.82) is 0 Å². The Morgan fingerprint density at radius 2 is 1.95 bits per heavy atom. The predicted octanol–water partition coefficient (Wildman–Crippen LogP) is 1.91. The first-order valence-corrected chi connectivity index (χ1v) is 7.46. The van der Waals surface area contributed by atoms with Crippen LogP contribution >= 0.6 is 0 Å². The third-order valence-corrected chi connectivity index (χ3v) is 3.67.